The van der Waals surface area contributed by atoms with Crippen LogP contribution in [0.1, 0.15) is 37.1 Å². The van der Waals surface area contributed by atoms with E-state index in [1.807, 2.05) is 6.07 Å². The molecule has 0 spiro atoms. The van der Waals surface area contributed by atoms with E-state index in [-0.39, 0.29) is 17.6 Å². The fraction of sp³-hybridized carbons (Fsp3) is 0.524. The van der Waals surface area contributed by atoms with Crippen molar-refractivity contribution >= 4 is 0 Å². The molecule has 3 heterocycles. The van der Waals surface area contributed by atoms with E-state index in [2.05, 4.69) is 21.8 Å². The van der Waals surface area contributed by atoms with Gasteiger partial charge in [0.25, 0.3) is 5.95 Å². The first-order valence-electron chi connectivity index (χ1n) is 9.65. The molecule has 1 unspecified atom stereocenters. The van der Waals surface area contributed by atoms with Crippen LogP contribution >= 0.6 is 0 Å². The lowest BCUT2D eigenvalue weighted by Gasteiger charge is -2.23. The van der Waals surface area contributed by atoms with Crippen LogP contribution in [0.3, 0.4) is 0 Å². The van der Waals surface area contributed by atoms with Gasteiger partial charge < -0.3 is 14.7 Å². The number of fused-ring (bicyclic) bond motifs is 1. The zero-order chi connectivity index (χ0) is 19.0. The number of aromatic hydroxyl groups is 1. The third kappa shape index (κ3) is 4.05. The number of hydrogen-bond acceptors (Lipinski definition) is 5. The van der Waals surface area contributed by atoms with Crippen molar-refractivity contribution in [3.63, 3.8) is 0 Å². The number of aromatic nitrogens is 2. The number of ether oxygens (including phenoxy) is 1. The number of hydrogen-bond donors (Lipinski definition) is 1. The molecule has 27 heavy (non-hydrogen) atoms. The molecule has 2 aromatic heterocycles. The molecule has 1 N–H and O–H groups in total. The van der Waals surface area contributed by atoms with Gasteiger partial charge in [-0.1, -0.05) is 6.92 Å². The molecule has 0 radical (unpaired) electrons. The number of nitrogens with zero attached hydrogens (tertiary/aromatic N) is 3. The lowest BCUT2D eigenvalue weighted by atomic mass is 10.0. The summed E-state index contributed by atoms with van der Waals surface area (Å²) in [6.07, 6.45) is 3.53. The van der Waals surface area contributed by atoms with Crippen molar-refractivity contribution in [2.24, 2.45) is 11.8 Å². The molecule has 2 aliphatic rings. The fourth-order valence-corrected chi connectivity index (χ4v) is 4.54. The molecule has 2 fully saturated rings. The van der Waals surface area contributed by atoms with Crippen molar-refractivity contribution in [3.8, 4) is 11.5 Å². The average molecular weight is 371 g/mol. The molecular formula is C21H26FN3O2. The van der Waals surface area contributed by atoms with Crippen LogP contribution in [0, 0.1) is 24.7 Å². The van der Waals surface area contributed by atoms with Gasteiger partial charge in [0, 0.05) is 36.9 Å². The molecule has 2 aromatic rings. The molecule has 1 saturated heterocycles. The molecule has 5 nitrogen and oxygen atoms in total. The van der Waals surface area contributed by atoms with Crippen LogP contribution in [0.2, 0.25) is 0 Å². The van der Waals surface area contributed by atoms with Crippen LogP contribution in [-0.4, -0.2) is 45.7 Å². The Kier molecular flexibility index (Phi) is 5.00. The SMILES string of the molecule is Cc1ccc(O[C@H]2C[C@@H]3CN(CC(C)c4ccc(O)cn4)C[C@@H]3C2)c(F)n1. The van der Waals surface area contributed by atoms with E-state index < -0.39 is 5.95 Å². The van der Waals surface area contributed by atoms with Gasteiger partial charge in [0.2, 0.25) is 0 Å². The van der Waals surface area contributed by atoms with Crippen LogP contribution in [0.15, 0.2) is 30.5 Å². The Morgan fingerprint density at radius 1 is 1.22 bits per heavy atom. The van der Waals surface area contributed by atoms with Gasteiger partial charge in [-0.05, 0) is 55.9 Å². The van der Waals surface area contributed by atoms with E-state index in [0.717, 1.165) is 38.2 Å². The summed E-state index contributed by atoms with van der Waals surface area (Å²) in [6, 6.07) is 7.06. The van der Waals surface area contributed by atoms with Crippen molar-refractivity contribution in [2.75, 3.05) is 19.6 Å². The smallest absolute Gasteiger partial charge is 0.255 e. The molecular weight excluding hydrogens is 345 g/mol. The Balaban J connectivity index is 1.29. The first kappa shape index (κ1) is 18.2. The van der Waals surface area contributed by atoms with Gasteiger partial charge in [0.15, 0.2) is 5.75 Å². The number of halogens is 1. The molecule has 4 atom stereocenters. The minimum atomic E-state index is -0.510. The summed E-state index contributed by atoms with van der Waals surface area (Å²) in [5.41, 5.74) is 1.67. The van der Waals surface area contributed by atoms with Crippen molar-refractivity contribution < 1.29 is 14.2 Å². The minimum absolute atomic E-state index is 0.0809. The van der Waals surface area contributed by atoms with Crippen molar-refractivity contribution in [1.29, 1.82) is 0 Å². The van der Waals surface area contributed by atoms with Gasteiger partial charge in [0.05, 0.1) is 12.3 Å². The monoisotopic (exact) mass is 371 g/mol. The van der Waals surface area contributed by atoms with Gasteiger partial charge in [-0.25, -0.2) is 4.98 Å². The number of pyridine rings is 2. The van der Waals surface area contributed by atoms with Gasteiger partial charge in [0.1, 0.15) is 5.75 Å². The molecule has 1 saturated carbocycles. The first-order valence-corrected chi connectivity index (χ1v) is 9.65. The highest BCUT2D eigenvalue weighted by Gasteiger charge is 2.42. The predicted molar refractivity (Wildman–Crippen MR) is 100 cm³/mol. The Morgan fingerprint density at radius 3 is 2.59 bits per heavy atom. The van der Waals surface area contributed by atoms with Crippen molar-refractivity contribution in [3.05, 3.63) is 47.8 Å². The highest BCUT2D eigenvalue weighted by Crippen LogP contribution is 2.40. The Bertz CT molecular complexity index is 785. The van der Waals surface area contributed by atoms with E-state index >= 15 is 0 Å². The van der Waals surface area contributed by atoms with Crippen LogP contribution in [0.25, 0.3) is 0 Å². The van der Waals surface area contributed by atoms with E-state index in [4.69, 9.17) is 4.74 Å². The summed E-state index contributed by atoms with van der Waals surface area (Å²) in [7, 11) is 0. The van der Waals surface area contributed by atoms with Gasteiger partial charge in [-0.2, -0.15) is 4.39 Å². The summed E-state index contributed by atoms with van der Waals surface area (Å²) < 4.78 is 19.8. The zero-order valence-electron chi connectivity index (χ0n) is 15.8. The average Bonchev–Trinajstić information content (AvgIpc) is 3.15. The van der Waals surface area contributed by atoms with Crippen molar-refractivity contribution in [1.82, 2.24) is 14.9 Å². The van der Waals surface area contributed by atoms with E-state index in [1.54, 1.807) is 25.1 Å². The van der Waals surface area contributed by atoms with E-state index in [9.17, 15) is 9.50 Å². The molecule has 144 valence electrons. The molecule has 1 aliphatic heterocycles. The molecule has 0 amide bonds. The molecule has 0 bridgehead atoms. The lowest BCUT2D eigenvalue weighted by molar-refractivity contribution is 0.175. The Morgan fingerprint density at radius 2 is 1.96 bits per heavy atom. The highest BCUT2D eigenvalue weighted by atomic mass is 19.1. The standard InChI is InChI=1S/C21H26FN3O2/c1-13(19-5-4-17(26)9-23-19)10-25-11-15-7-18(8-16(15)12-25)27-20-6-3-14(2)24-21(20)22/h3-6,9,13,15-16,18,26H,7-8,10-12H2,1-2H3/t13?,15-,16+,18+. The molecule has 0 aromatic carbocycles. The highest BCUT2D eigenvalue weighted by molar-refractivity contribution is 5.22. The number of rotatable bonds is 5. The van der Waals surface area contributed by atoms with Gasteiger partial charge in [-0.15, -0.1) is 0 Å². The minimum Gasteiger partial charge on any atom is -0.506 e. The Labute approximate surface area is 159 Å². The summed E-state index contributed by atoms with van der Waals surface area (Å²) in [4.78, 5) is 10.7. The zero-order valence-corrected chi connectivity index (χ0v) is 15.8. The second-order valence-corrected chi connectivity index (χ2v) is 8.03. The normalized spacial score (nSPS) is 26.1. The number of aryl methyl sites for hydroxylation is 1. The lowest BCUT2D eigenvalue weighted by Crippen LogP contribution is -2.28. The summed E-state index contributed by atoms with van der Waals surface area (Å²) in [5.74, 6) is 1.50. The van der Waals surface area contributed by atoms with Gasteiger partial charge in [-0.3, -0.25) is 4.98 Å². The third-order valence-corrected chi connectivity index (χ3v) is 5.84. The van der Waals surface area contributed by atoms with Crippen LogP contribution in [0.4, 0.5) is 4.39 Å². The van der Waals surface area contributed by atoms with Crippen LogP contribution in [0.5, 0.6) is 11.5 Å². The third-order valence-electron chi connectivity index (χ3n) is 5.84. The quantitative estimate of drug-likeness (QED) is 0.815. The molecule has 1 aliphatic carbocycles. The number of likely N-dealkylation sites (tertiary alicyclic amines) is 1. The summed E-state index contributed by atoms with van der Waals surface area (Å²) >= 11 is 0. The van der Waals surface area contributed by atoms with E-state index in [1.165, 1.54) is 6.20 Å². The second kappa shape index (κ2) is 7.43. The maximum atomic E-state index is 13.9. The topological polar surface area (TPSA) is 58.5 Å². The predicted octanol–water partition coefficient (Wildman–Crippen LogP) is 3.52. The van der Waals surface area contributed by atoms with E-state index in [0.29, 0.717) is 23.4 Å². The maximum absolute atomic E-state index is 13.9. The van der Waals surface area contributed by atoms with Crippen LogP contribution < -0.4 is 4.74 Å². The maximum Gasteiger partial charge on any atom is 0.255 e. The summed E-state index contributed by atoms with van der Waals surface area (Å²) in [6.45, 7) is 7.03. The largest absolute Gasteiger partial charge is 0.506 e. The second-order valence-electron chi connectivity index (χ2n) is 8.03. The molecule has 6 heteroatoms. The molecule has 4 rings (SSSR count). The van der Waals surface area contributed by atoms with Gasteiger partial charge >= 0.3 is 0 Å². The van der Waals surface area contributed by atoms with Crippen LogP contribution in [-0.2, 0) is 0 Å². The first-order chi connectivity index (χ1) is 13.0. The van der Waals surface area contributed by atoms with Crippen molar-refractivity contribution in [2.45, 2.75) is 38.7 Å². The fourth-order valence-electron chi connectivity index (χ4n) is 4.54. The summed E-state index contributed by atoms with van der Waals surface area (Å²) in [5, 5.41) is 9.38. The Hall–Kier alpha value is -2.21.